The predicted molar refractivity (Wildman–Crippen MR) is 72.4 cm³/mol. The fraction of sp³-hybridized carbons (Fsp3) is 0.667. The maximum Gasteiger partial charge on any atom is 0.272 e. The van der Waals surface area contributed by atoms with Crippen LogP contribution in [0.2, 0.25) is 0 Å². The van der Waals surface area contributed by atoms with Gasteiger partial charge in [-0.2, -0.15) is 5.10 Å². The summed E-state index contributed by atoms with van der Waals surface area (Å²) in [5, 5.41) is 6.95. The van der Waals surface area contributed by atoms with Gasteiger partial charge in [0.2, 0.25) is 0 Å². The Balaban J connectivity index is 1.59. The van der Waals surface area contributed by atoms with Crippen LogP contribution >= 0.6 is 0 Å². The van der Waals surface area contributed by atoms with E-state index < -0.39 is 0 Å². The van der Waals surface area contributed by atoms with Gasteiger partial charge in [-0.25, -0.2) is 0 Å². The van der Waals surface area contributed by atoms with Gasteiger partial charge < -0.3 is 4.90 Å². The second-order valence-corrected chi connectivity index (χ2v) is 6.37. The highest BCUT2D eigenvalue weighted by Crippen LogP contribution is 2.43. The number of likely N-dealkylation sites (tertiary alicyclic amines) is 1. The largest absolute Gasteiger partial charge is 0.333 e. The molecule has 1 N–H and O–H groups in total. The van der Waals surface area contributed by atoms with Crippen LogP contribution in [0, 0.1) is 5.92 Å². The number of nitrogens with zero attached hydrogens (tertiary/aromatic N) is 2. The van der Waals surface area contributed by atoms with Gasteiger partial charge in [-0.15, -0.1) is 0 Å². The molecule has 3 fully saturated rings. The number of carbonyl (C=O) groups is 2. The number of carbonyl (C=O) groups excluding carboxylic acids is 2. The summed E-state index contributed by atoms with van der Waals surface area (Å²) in [6.45, 7) is 0.571. The first-order chi connectivity index (χ1) is 9.74. The molecule has 2 saturated carbocycles. The number of hydrogen-bond acceptors (Lipinski definition) is 3. The van der Waals surface area contributed by atoms with Crippen molar-refractivity contribution in [3.05, 3.63) is 17.5 Å². The summed E-state index contributed by atoms with van der Waals surface area (Å²) in [6, 6.07) is 0.124. The molecule has 2 heterocycles. The van der Waals surface area contributed by atoms with E-state index in [1.165, 1.54) is 0 Å². The van der Waals surface area contributed by atoms with Crippen LogP contribution < -0.4 is 0 Å². The van der Waals surface area contributed by atoms with E-state index in [1.807, 2.05) is 4.90 Å². The highest BCUT2D eigenvalue weighted by atomic mass is 16.2. The van der Waals surface area contributed by atoms with E-state index in [4.69, 9.17) is 0 Å². The molecule has 106 valence electrons. The van der Waals surface area contributed by atoms with Gasteiger partial charge in [0.15, 0.2) is 0 Å². The van der Waals surface area contributed by atoms with Gasteiger partial charge >= 0.3 is 0 Å². The summed E-state index contributed by atoms with van der Waals surface area (Å²) in [5.74, 6) is 1.40. The zero-order valence-electron chi connectivity index (χ0n) is 11.5. The van der Waals surface area contributed by atoms with Gasteiger partial charge in [0.25, 0.3) is 5.91 Å². The summed E-state index contributed by atoms with van der Waals surface area (Å²) >= 11 is 0. The first-order valence-corrected chi connectivity index (χ1v) is 7.60. The minimum atomic E-state index is 0.0498. The van der Waals surface area contributed by atoms with Gasteiger partial charge in [-0.3, -0.25) is 14.7 Å². The molecule has 0 aromatic carbocycles. The third-order valence-electron chi connectivity index (χ3n) is 4.80. The second-order valence-electron chi connectivity index (χ2n) is 6.37. The van der Waals surface area contributed by atoms with Crippen LogP contribution in [0.15, 0.2) is 6.20 Å². The van der Waals surface area contributed by atoms with Crippen molar-refractivity contribution in [1.82, 2.24) is 15.1 Å². The van der Waals surface area contributed by atoms with E-state index in [0.717, 1.165) is 31.2 Å². The summed E-state index contributed by atoms with van der Waals surface area (Å²) in [5.41, 5.74) is 1.73. The molecule has 1 atom stereocenters. The Hall–Kier alpha value is -1.65. The lowest BCUT2D eigenvalue weighted by Crippen LogP contribution is -2.47. The maximum absolute atomic E-state index is 12.8. The first-order valence-electron chi connectivity index (χ1n) is 7.60. The molecule has 1 unspecified atom stereocenters. The summed E-state index contributed by atoms with van der Waals surface area (Å²) in [6.07, 6.45) is 7.46. The summed E-state index contributed by atoms with van der Waals surface area (Å²) in [7, 11) is 0. The number of aromatic amines is 1. The summed E-state index contributed by atoms with van der Waals surface area (Å²) < 4.78 is 0. The lowest BCUT2D eigenvalue weighted by atomic mass is 9.96. The van der Waals surface area contributed by atoms with Crippen molar-refractivity contribution in [2.45, 2.75) is 50.5 Å². The third kappa shape index (κ3) is 2.05. The average Bonchev–Trinajstić information content (AvgIpc) is 3.36. The molecule has 4 rings (SSSR count). The molecule has 1 aromatic rings. The van der Waals surface area contributed by atoms with Crippen molar-refractivity contribution in [3.63, 3.8) is 0 Å². The molecule has 0 spiro atoms. The number of H-pyrrole nitrogens is 1. The molecule has 1 amide bonds. The Bertz CT molecular complexity index is 557. The number of rotatable bonds is 3. The molecular weight excluding hydrogens is 254 g/mol. The minimum absolute atomic E-state index is 0.0498. The highest BCUT2D eigenvalue weighted by Gasteiger charge is 2.42. The Morgan fingerprint density at radius 1 is 1.30 bits per heavy atom. The van der Waals surface area contributed by atoms with Crippen LogP contribution in [0.3, 0.4) is 0 Å². The molecule has 5 heteroatoms. The van der Waals surface area contributed by atoms with E-state index >= 15 is 0 Å². The van der Waals surface area contributed by atoms with Crippen LogP contribution in [0.4, 0.5) is 0 Å². The van der Waals surface area contributed by atoms with Crippen molar-refractivity contribution >= 4 is 11.7 Å². The van der Waals surface area contributed by atoms with Gasteiger partial charge in [0, 0.05) is 31.0 Å². The zero-order valence-corrected chi connectivity index (χ0v) is 11.5. The van der Waals surface area contributed by atoms with E-state index in [1.54, 1.807) is 6.20 Å². The SMILES string of the molecule is O=C1CCN(C(=O)c2[nH]ncc2C2CC2)C(C2CC2)C1. The molecule has 20 heavy (non-hydrogen) atoms. The monoisotopic (exact) mass is 273 g/mol. The Labute approximate surface area is 117 Å². The topological polar surface area (TPSA) is 66.1 Å². The van der Waals surface area contributed by atoms with Crippen molar-refractivity contribution in [2.75, 3.05) is 6.54 Å². The molecule has 3 aliphatic rings. The van der Waals surface area contributed by atoms with E-state index in [0.29, 0.717) is 42.7 Å². The van der Waals surface area contributed by atoms with Crippen molar-refractivity contribution in [1.29, 1.82) is 0 Å². The van der Waals surface area contributed by atoms with Crippen LogP contribution in [-0.4, -0.2) is 39.4 Å². The van der Waals surface area contributed by atoms with Gasteiger partial charge in [-0.05, 0) is 37.5 Å². The Morgan fingerprint density at radius 3 is 2.80 bits per heavy atom. The molecule has 2 aliphatic carbocycles. The van der Waals surface area contributed by atoms with Crippen LogP contribution in [-0.2, 0) is 4.79 Å². The van der Waals surface area contributed by atoms with Crippen LogP contribution in [0.5, 0.6) is 0 Å². The first kappa shape index (κ1) is 12.1. The second kappa shape index (κ2) is 4.43. The normalized spacial score (nSPS) is 26.9. The van der Waals surface area contributed by atoms with E-state index in [9.17, 15) is 9.59 Å². The molecule has 5 nitrogen and oxygen atoms in total. The number of piperidine rings is 1. The summed E-state index contributed by atoms with van der Waals surface area (Å²) in [4.78, 5) is 26.4. The van der Waals surface area contributed by atoms with Crippen LogP contribution in [0.25, 0.3) is 0 Å². The Morgan fingerprint density at radius 2 is 2.10 bits per heavy atom. The van der Waals surface area contributed by atoms with Crippen LogP contribution in [0.1, 0.15) is 60.5 Å². The number of Topliss-reactive ketones (excluding diaryl/α,β-unsaturated/α-hetero) is 1. The van der Waals surface area contributed by atoms with E-state index in [2.05, 4.69) is 10.2 Å². The number of amides is 1. The predicted octanol–water partition coefficient (Wildman–Crippen LogP) is 1.87. The van der Waals surface area contributed by atoms with Gasteiger partial charge in [0.05, 0.1) is 6.20 Å². The van der Waals surface area contributed by atoms with Gasteiger partial charge in [0.1, 0.15) is 11.5 Å². The number of nitrogens with one attached hydrogen (secondary N) is 1. The standard InChI is InChI=1S/C15H19N3O2/c19-11-5-6-18(13(7-11)10-3-4-10)15(20)14-12(8-16-17-14)9-1-2-9/h8-10,13H,1-7H2,(H,16,17). The number of ketones is 1. The highest BCUT2D eigenvalue weighted by molar-refractivity contribution is 5.95. The molecule has 1 saturated heterocycles. The molecule has 0 radical (unpaired) electrons. The van der Waals surface area contributed by atoms with E-state index in [-0.39, 0.29) is 11.9 Å². The average molecular weight is 273 g/mol. The van der Waals surface area contributed by atoms with Crippen molar-refractivity contribution < 1.29 is 9.59 Å². The quantitative estimate of drug-likeness (QED) is 0.914. The number of hydrogen-bond donors (Lipinski definition) is 1. The minimum Gasteiger partial charge on any atom is -0.333 e. The van der Waals surface area contributed by atoms with Gasteiger partial charge in [-0.1, -0.05) is 0 Å². The maximum atomic E-state index is 12.8. The lowest BCUT2D eigenvalue weighted by molar-refractivity contribution is -0.122. The third-order valence-corrected chi connectivity index (χ3v) is 4.80. The fourth-order valence-electron chi connectivity index (χ4n) is 3.33. The van der Waals surface area contributed by atoms with Crippen molar-refractivity contribution in [2.24, 2.45) is 5.92 Å². The zero-order chi connectivity index (χ0) is 13.7. The lowest BCUT2D eigenvalue weighted by Gasteiger charge is -2.35. The number of aromatic nitrogens is 2. The molecular formula is C15H19N3O2. The smallest absolute Gasteiger partial charge is 0.272 e. The molecule has 1 aliphatic heterocycles. The fourth-order valence-corrected chi connectivity index (χ4v) is 3.33. The van der Waals surface area contributed by atoms with Crippen molar-refractivity contribution in [3.8, 4) is 0 Å². The Kier molecular flexibility index (Phi) is 2.69. The molecule has 0 bridgehead atoms. The molecule has 1 aromatic heterocycles.